The average molecular weight is 247 g/mol. The van der Waals surface area contributed by atoms with Gasteiger partial charge in [0.15, 0.2) is 0 Å². The standard InChI is InChI=1S/C16H25NO/c1-4-6-9-13(5-2)11-15-12(3)8-7-10-14(15)16(17)18/h7-8,10,13H,4-6,9,11H2,1-3H3,(H2,17,18). The zero-order valence-electron chi connectivity index (χ0n) is 11.8. The molecule has 0 spiro atoms. The molecule has 2 heteroatoms. The molecule has 0 aliphatic heterocycles. The van der Waals surface area contributed by atoms with Crippen LogP contribution in [0.1, 0.15) is 61.0 Å². The van der Waals surface area contributed by atoms with Crippen LogP contribution in [0.2, 0.25) is 0 Å². The van der Waals surface area contributed by atoms with Gasteiger partial charge in [-0.2, -0.15) is 0 Å². The number of amides is 1. The zero-order valence-corrected chi connectivity index (χ0v) is 11.8. The van der Waals surface area contributed by atoms with E-state index >= 15 is 0 Å². The first-order chi connectivity index (χ1) is 8.60. The molecule has 0 fully saturated rings. The minimum Gasteiger partial charge on any atom is -0.366 e. The largest absolute Gasteiger partial charge is 0.366 e. The van der Waals surface area contributed by atoms with E-state index in [9.17, 15) is 4.79 Å². The Kier molecular flexibility index (Phi) is 5.90. The summed E-state index contributed by atoms with van der Waals surface area (Å²) in [5.74, 6) is 0.350. The summed E-state index contributed by atoms with van der Waals surface area (Å²) >= 11 is 0. The third-order valence-corrected chi connectivity index (χ3v) is 3.71. The molecule has 18 heavy (non-hydrogen) atoms. The van der Waals surface area contributed by atoms with Crippen LogP contribution in [-0.2, 0) is 6.42 Å². The van der Waals surface area contributed by atoms with E-state index in [2.05, 4.69) is 26.8 Å². The molecule has 100 valence electrons. The van der Waals surface area contributed by atoms with Gasteiger partial charge in [-0.15, -0.1) is 0 Å². The van der Waals surface area contributed by atoms with Crippen molar-refractivity contribution in [3.05, 3.63) is 34.9 Å². The van der Waals surface area contributed by atoms with E-state index in [1.807, 2.05) is 12.1 Å². The van der Waals surface area contributed by atoms with Gasteiger partial charge >= 0.3 is 0 Å². The molecule has 1 amide bonds. The van der Waals surface area contributed by atoms with Crippen molar-refractivity contribution in [3.63, 3.8) is 0 Å². The van der Waals surface area contributed by atoms with Gasteiger partial charge in [0.1, 0.15) is 0 Å². The fourth-order valence-corrected chi connectivity index (χ4v) is 2.44. The molecule has 1 aromatic carbocycles. The number of rotatable bonds is 7. The monoisotopic (exact) mass is 247 g/mol. The van der Waals surface area contributed by atoms with Crippen LogP contribution in [0.3, 0.4) is 0 Å². The van der Waals surface area contributed by atoms with Crippen molar-refractivity contribution < 1.29 is 4.79 Å². The number of benzene rings is 1. The molecule has 0 heterocycles. The van der Waals surface area contributed by atoms with Crippen molar-refractivity contribution in [1.82, 2.24) is 0 Å². The van der Waals surface area contributed by atoms with Crippen LogP contribution in [0, 0.1) is 12.8 Å². The smallest absolute Gasteiger partial charge is 0.248 e. The molecule has 0 bridgehead atoms. The predicted octanol–water partition coefficient (Wildman–Crippen LogP) is 3.85. The van der Waals surface area contributed by atoms with Gasteiger partial charge in [-0.05, 0) is 36.5 Å². The van der Waals surface area contributed by atoms with Crippen molar-refractivity contribution in [1.29, 1.82) is 0 Å². The normalized spacial score (nSPS) is 12.4. The number of aryl methyl sites for hydroxylation is 1. The molecule has 0 saturated heterocycles. The van der Waals surface area contributed by atoms with Gasteiger partial charge in [0.2, 0.25) is 5.91 Å². The van der Waals surface area contributed by atoms with Crippen molar-refractivity contribution in [3.8, 4) is 0 Å². The maximum atomic E-state index is 11.5. The highest BCUT2D eigenvalue weighted by molar-refractivity contribution is 5.94. The number of hydrogen-bond donors (Lipinski definition) is 1. The SMILES string of the molecule is CCCCC(CC)Cc1c(C)cccc1C(N)=O. The van der Waals surface area contributed by atoms with Gasteiger partial charge in [-0.1, -0.05) is 51.7 Å². The molecule has 0 aliphatic rings. The second-order valence-corrected chi connectivity index (χ2v) is 5.09. The Morgan fingerprint density at radius 3 is 2.61 bits per heavy atom. The molecule has 1 rings (SSSR count). The quantitative estimate of drug-likeness (QED) is 0.781. The summed E-state index contributed by atoms with van der Waals surface area (Å²) < 4.78 is 0. The van der Waals surface area contributed by atoms with Gasteiger partial charge in [0.25, 0.3) is 0 Å². The van der Waals surface area contributed by atoms with Crippen LogP contribution in [0.5, 0.6) is 0 Å². The molecular formula is C16H25NO. The highest BCUT2D eigenvalue weighted by Crippen LogP contribution is 2.23. The van der Waals surface area contributed by atoms with E-state index in [1.165, 1.54) is 24.8 Å². The molecule has 0 saturated carbocycles. The average Bonchev–Trinajstić information content (AvgIpc) is 2.35. The third kappa shape index (κ3) is 3.86. The molecule has 1 aromatic rings. The van der Waals surface area contributed by atoms with Crippen molar-refractivity contribution >= 4 is 5.91 Å². The Hall–Kier alpha value is -1.31. The first-order valence-corrected chi connectivity index (χ1v) is 6.98. The fraction of sp³-hybridized carbons (Fsp3) is 0.562. The Bertz CT molecular complexity index is 398. The van der Waals surface area contributed by atoms with E-state index in [0.717, 1.165) is 18.4 Å². The number of hydrogen-bond acceptors (Lipinski definition) is 1. The second-order valence-electron chi connectivity index (χ2n) is 5.09. The van der Waals surface area contributed by atoms with Gasteiger partial charge in [-0.3, -0.25) is 4.79 Å². The summed E-state index contributed by atoms with van der Waals surface area (Å²) in [6, 6.07) is 5.82. The fourth-order valence-electron chi connectivity index (χ4n) is 2.44. The molecule has 1 atom stereocenters. The number of primary amides is 1. The number of nitrogens with two attached hydrogens (primary N) is 1. The number of unbranched alkanes of at least 4 members (excludes halogenated alkanes) is 1. The highest BCUT2D eigenvalue weighted by Gasteiger charge is 2.14. The van der Waals surface area contributed by atoms with Gasteiger partial charge in [-0.25, -0.2) is 0 Å². The summed E-state index contributed by atoms with van der Waals surface area (Å²) in [5, 5.41) is 0. The minimum absolute atomic E-state index is 0.306. The molecule has 1 unspecified atom stereocenters. The summed E-state index contributed by atoms with van der Waals surface area (Å²) in [4.78, 5) is 11.5. The van der Waals surface area contributed by atoms with Gasteiger partial charge < -0.3 is 5.73 Å². The lowest BCUT2D eigenvalue weighted by Crippen LogP contribution is -2.16. The Morgan fingerprint density at radius 2 is 2.06 bits per heavy atom. The van der Waals surface area contributed by atoms with Crippen LogP contribution < -0.4 is 5.73 Å². The summed E-state index contributed by atoms with van der Waals surface area (Å²) in [5.41, 5.74) is 8.49. The first-order valence-electron chi connectivity index (χ1n) is 6.98. The molecule has 2 nitrogen and oxygen atoms in total. The van der Waals surface area contributed by atoms with Crippen LogP contribution in [-0.4, -0.2) is 5.91 Å². The van der Waals surface area contributed by atoms with E-state index < -0.39 is 0 Å². The summed E-state index contributed by atoms with van der Waals surface area (Å²) in [6.45, 7) is 6.51. The summed E-state index contributed by atoms with van der Waals surface area (Å²) in [7, 11) is 0. The highest BCUT2D eigenvalue weighted by atomic mass is 16.1. The van der Waals surface area contributed by atoms with Crippen LogP contribution in [0.4, 0.5) is 0 Å². The van der Waals surface area contributed by atoms with Crippen LogP contribution >= 0.6 is 0 Å². The zero-order chi connectivity index (χ0) is 13.5. The topological polar surface area (TPSA) is 43.1 Å². The van der Waals surface area contributed by atoms with Gasteiger partial charge in [0.05, 0.1) is 0 Å². The van der Waals surface area contributed by atoms with Crippen molar-refractivity contribution in [2.24, 2.45) is 11.7 Å². The maximum Gasteiger partial charge on any atom is 0.248 e. The number of carbonyl (C=O) groups is 1. The molecular weight excluding hydrogens is 222 g/mol. The van der Waals surface area contributed by atoms with E-state index in [-0.39, 0.29) is 5.91 Å². The lowest BCUT2D eigenvalue weighted by molar-refractivity contribution is 0.0999. The predicted molar refractivity (Wildman–Crippen MR) is 76.7 cm³/mol. The van der Waals surface area contributed by atoms with E-state index in [4.69, 9.17) is 5.73 Å². The minimum atomic E-state index is -0.306. The third-order valence-electron chi connectivity index (χ3n) is 3.71. The lowest BCUT2D eigenvalue weighted by atomic mass is 9.87. The van der Waals surface area contributed by atoms with Crippen LogP contribution in [0.15, 0.2) is 18.2 Å². The molecule has 0 aromatic heterocycles. The maximum absolute atomic E-state index is 11.5. The lowest BCUT2D eigenvalue weighted by Gasteiger charge is -2.18. The Labute approximate surface area is 111 Å². The van der Waals surface area contributed by atoms with Crippen molar-refractivity contribution in [2.45, 2.75) is 52.9 Å². The number of carbonyl (C=O) groups excluding carboxylic acids is 1. The first kappa shape index (κ1) is 14.7. The molecule has 2 N–H and O–H groups in total. The van der Waals surface area contributed by atoms with Gasteiger partial charge in [0, 0.05) is 5.56 Å². The summed E-state index contributed by atoms with van der Waals surface area (Å²) in [6.07, 6.45) is 5.86. The Morgan fingerprint density at radius 1 is 1.33 bits per heavy atom. The second kappa shape index (κ2) is 7.20. The molecule has 0 aliphatic carbocycles. The Balaban J connectivity index is 2.90. The van der Waals surface area contributed by atoms with Crippen molar-refractivity contribution in [2.75, 3.05) is 0 Å². The van der Waals surface area contributed by atoms with E-state index in [0.29, 0.717) is 11.5 Å². The molecule has 0 radical (unpaired) electrons. The van der Waals surface area contributed by atoms with Crippen LogP contribution in [0.25, 0.3) is 0 Å². The van der Waals surface area contributed by atoms with E-state index in [1.54, 1.807) is 0 Å².